The SMILES string of the molecule is CCN(CCC(=O)O)C(=O)COc1cc(Cl)cc(Cl)c1. The number of amides is 1. The van der Waals surface area contributed by atoms with Crippen LogP contribution < -0.4 is 4.74 Å². The third-order valence-corrected chi connectivity index (χ3v) is 2.96. The first-order valence-corrected chi connectivity index (χ1v) is 6.76. The highest BCUT2D eigenvalue weighted by atomic mass is 35.5. The number of hydrogen-bond donors (Lipinski definition) is 1. The third-order valence-electron chi connectivity index (χ3n) is 2.53. The molecule has 110 valence electrons. The maximum atomic E-state index is 11.9. The summed E-state index contributed by atoms with van der Waals surface area (Å²) in [5, 5.41) is 9.44. The van der Waals surface area contributed by atoms with Crippen LogP contribution in [0.3, 0.4) is 0 Å². The Morgan fingerprint density at radius 3 is 2.35 bits per heavy atom. The molecule has 1 amide bonds. The van der Waals surface area contributed by atoms with Gasteiger partial charge in [-0.2, -0.15) is 0 Å². The van der Waals surface area contributed by atoms with Crippen molar-refractivity contribution in [2.45, 2.75) is 13.3 Å². The summed E-state index contributed by atoms with van der Waals surface area (Å²) < 4.78 is 5.31. The lowest BCUT2D eigenvalue weighted by Crippen LogP contribution is -2.36. The molecule has 0 saturated heterocycles. The molecule has 0 aliphatic heterocycles. The molecule has 0 heterocycles. The van der Waals surface area contributed by atoms with Crippen molar-refractivity contribution in [3.63, 3.8) is 0 Å². The van der Waals surface area contributed by atoms with Crippen molar-refractivity contribution in [2.75, 3.05) is 19.7 Å². The van der Waals surface area contributed by atoms with E-state index >= 15 is 0 Å². The van der Waals surface area contributed by atoms with Crippen LogP contribution in [0.2, 0.25) is 10.0 Å². The van der Waals surface area contributed by atoms with Crippen molar-refractivity contribution < 1.29 is 19.4 Å². The molecule has 0 saturated carbocycles. The molecule has 5 nitrogen and oxygen atoms in total. The summed E-state index contributed by atoms with van der Waals surface area (Å²) in [5.41, 5.74) is 0. The minimum absolute atomic E-state index is 0.0947. The van der Waals surface area contributed by atoms with E-state index in [-0.39, 0.29) is 25.5 Å². The van der Waals surface area contributed by atoms with Gasteiger partial charge in [0.15, 0.2) is 6.61 Å². The van der Waals surface area contributed by atoms with E-state index in [0.717, 1.165) is 0 Å². The van der Waals surface area contributed by atoms with Crippen LogP contribution in [0.15, 0.2) is 18.2 Å². The zero-order valence-electron chi connectivity index (χ0n) is 10.9. The van der Waals surface area contributed by atoms with Crippen molar-refractivity contribution in [3.8, 4) is 5.75 Å². The van der Waals surface area contributed by atoms with Crippen LogP contribution >= 0.6 is 23.2 Å². The number of likely N-dealkylation sites (N-methyl/N-ethyl adjacent to an activating group) is 1. The van der Waals surface area contributed by atoms with Crippen LogP contribution in [0, 0.1) is 0 Å². The molecule has 0 bridgehead atoms. The maximum absolute atomic E-state index is 11.9. The van der Waals surface area contributed by atoms with Gasteiger partial charge in [-0.3, -0.25) is 9.59 Å². The number of ether oxygens (including phenoxy) is 1. The van der Waals surface area contributed by atoms with E-state index in [1.165, 1.54) is 4.90 Å². The number of carbonyl (C=O) groups is 2. The summed E-state index contributed by atoms with van der Waals surface area (Å²) in [6.07, 6.45) is -0.0947. The fourth-order valence-electron chi connectivity index (χ4n) is 1.54. The molecule has 1 aromatic rings. The molecule has 0 spiro atoms. The second-order valence-electron chi connectivity index (χ2n) is 4.01. The highest BCUT2D eigenvalue weighted by molar-refractivity contribution is 6.34. The van der Waals surface area contributed by atoms with Gasteiger partial charge in [-0.15, -0.1) is 0 Å². The average Bonchev–Trinajstić information content (AvgIpc) is 2.35. The quantitative estimate of drug-likeness (QED) is 0.839. The molecule has 0 fully saturated rings. The third kappa shape index (κ3) is 5.67. The Labute approximate surface area is 127 Å². The van der Waals surface area contributed by atoms with Gasteiger partial charge in [-0.1, -0.05) is 23.2 Å². The van der Waals surface area contributed by atoms with E-state index in [0.29, 0.717) is 22.3 Å². The molecule has 1 aromatic carbocycles. The monoisotopic (exact) mass is 319 g/mol. The normalized spacial score (nSPS) is 10.2. The summed E-state index contributed by atoms with van der Waals surface area (Å²) in [4.78, 5) is 23.8. The molecule has 20 heavy (non-hydrogen) atoms. The number of nitrogens with zero attached hydrogens (tertiary/aromatic N) is 1. The van der Waals surface area contributed by atoms with Gasteiger partial charge in [0.25, 0.3) is 5.91 Å². The summed E-state index contributed by atoms with van der Waals surface area (Å²) in [5.74, 6) is -0.839. The molecule has 1 N–H and O–H groups in total. The van der Waals surface area contributed by atoms with Gasteiger partial charge in [0.2, 0.25) is 0 Å². The smallest absolute Gasteiger partial charge is 0.305 e. The van der Waals surface area contributed by atoms with Crippen LogP contribution in [0.1, 0.15) is 13.3 Å². The summed E-state index contributed by atoms with van der Waals surface area (Å²) >= 11 is 11.6. The average molecular weight is 320 g/mol. The number of rotatable bonds is 7. The Balaban J connectivity index is 2.54. The lowest BCUT2D eigenvalue weighted by atomic mass is 10.3. The molecule has 0 atom stereocenters. The molecule has 0 aliphatic rings. The lowest BCUT2D eigenvalue weighted by molar-refractivity contribution is -0.139. The number of aliphatic carboxylic acids is 1. The Morgan fingerprint density at radius 1 is 1.25 bits per heavy atom. The summed E-state index contributed by atoms with van der Waals surface area (Å²) in [6.45, 7) is 2.16. The van der Waals surface area contributed by atoms with E-state index in [1.807, 2.05) is 0 Å². The van der Waals surface area contributed by atoms with E-state index in [4.69, 9.17) is 33.0 Å². The molecule has 0 aliphatic carbocycles. The molecule has 0 radical (unpaired) electrons. The van der Waals surface area contributed by atoms with E-state index in [1.54, 1.807) is 25.1 Å². The Hall–Kier alpha value is -1.46. The number of benzene rings is 1. The van der Waals surface area contributed by atoms with Gasteiger partial charge >= 0.3 is 5.97 Å². The fourth-order valence-corrected chi connectivity index (χ4v) is 2.04. The van der Waals surface area contributed by atoms with Crippen molar-refractivity contribution in [3.05, 3.63) is 28.2 Å². The molecular weight excluding hydrogens is 305 g/mol. The Bertz CT molecular complexity index is 473. The van der Waals surface area contributed by atoms with Gasteiger partial charge in [0, 0.05) is 23.1 Å². The van der Waals surface area contributed by atoms with E-state index in [2.05, 4.69) is 0 Å². The number of carboxylic acid groups (broad SMARTS) is 1. The molecule has 7 heteroatoms. The molecular formula is C13H15Cl2NO4. The first kappa shape index (κ1) is 16.6. The highest BCUT2D eigenvalue weighted by Gasteiger charge is 2.14. The van der Waals surface area contributed by atoms with Crippen LogP contribution in [0.4, 0.5) is 0 Å². The van der Waals surface area contributed by atoms with E-state index < -0.39 is 5.97 Å². The van der Waals surface area contributed by atoms with Gasteiger partial charge in [0.1, 0.15) is 5.75 Å². The van der Waals surface area contributed by atoms with Crippen LogP contribution in [-0.2, 0) is 9.59 Å². The van der Waals surface area contributed by atoms with Crippen molar-refractivity contribution in [1.82, 2.24) is 4.90 Å². The first-order valence-electron chi connectivity index (χ1n) is 6.00. The number of carbonyl (C=O) groups excluding carboxylic acids is 1. The second kappa shape index (κ2) is 7.97. The topological polar surface area (TPSA) is 66.8 Å². The maximum Gasteiger partial charge on any atom is 0.305 e. The zero-order chi connectivity index (χ0) is 15.1. The van der Waals surface area contributed by atoms with Gasteiger partial charge in [0.05, 0.1) is 6.42 Å². The van der Waals surface area contributed by atoms with Crippen LogP contribution in [0.5, 0.6) is 5.75 Å². The number of hydrogen-bond acceptors (Lipinski definition) is 3. The minimum Gasteiger partial charge on any atom is -0.484 e. The van der Waals surface area contributed by atoms with Crippen molar-refractivity contribution >= 4 is 35.1 Å². The van der Waals surface area contributed by atoms with Crippen LogP contribution in [0.25, 0.3) is 0 Å². The standard InChI is InChI=1S/C13H15Cl2NO4/c1-2-16(4-3-13(18)19)12(17)8-20-11-6-9(14)5-10(15)7-11/h5-7H,2-4,8H2,1H3,(H,18,19). The predicted molar refractivity (Wildman–Crippen MR) is 76.5 cm³/mol. The second-order valence-corrected chi connectivity index (χ2v) is 4.88. The van der Waals surface area contributed by atoms with Crippen LogP contribution in [-0.4, -0.2) is 41.6 Å². The van der Waals surface area contributed by atoms with Gasteiger partial charge < -0.3 is 14.7 Å². The van der Waals surface area contributed by atoms with Crippen molar-refractivity contribution in [2.24, 2.45) is 0 Å². The zero-order valence-corrected chi connectivity index (χ0v) is 12.4. The van der Waals surface area contributed by atoms with E-state index in [9.17, 15) is 9.59 Å². The Morgan fingerprint density at radius 2 is 1.85 bits per heavy atom. The number of halogens is 2. The molecule has 0 aromatic heterocycles. The lowest BCUT2D eigenvalue weighted by Gasteiger charge is -2.20. The summed E-state index contributed by atoms with van der Waals surface area (Å²) in [6, 6.07) is 4.66. The molecule has 1 rings (SSSR count). The minimum atomic E-state index is -0.946. The first-order chi connectivity index (χ1) is 9.42. The van der Waals surface area contributed by atoms with Crippen molar-refractivity contribution in [1.29, 1.82) is 0 Å². The van der Waals surface area contributed by atoms with Gasteiger partial charge in [-0.05, 0) is 25.1 Å². The van der Waals surface area contributed by atoms with Gasteiger partial charge in [-0.25, -0.2) is 0 Å². The molecule has 0 unspecified atom stereocenters. The number of carboxylic acids is 1. The predicted octanol–water partition coefficient (Wildman–Crippen LogP) is 2.70. The fraction of sp³-hybridized carbons (Fsp3) is 0.385. The highest BCUT2D eigenvalue weighted by Crippen LogP contribution is 2.24. The summed E-state index contributed by atoms with van der Waals surface area (Å²) in [7, 11) is 0. The Kier molecular flexibility index (Phi) is 6.61. The largest absolute Gasteiger partial charge is 0.484 e.